The molecule has 0 saturated heterocycles. The number of aldehydes is 1. The molecular weight excluding hydrogens is 224 g/mol. The fraction of sp³-hybridized carbons (Fsp3) is 0.333. The Labute approximate surface area is 107 Å². The lowest BCUT2D eigenvalue weighted by molar-refractivity contribution is 0.112. The number of benzene rings is 1. The molecule has 0 amide bonds. The quantitative estimate of drug-likeness (QED) is 0.752. The van der Waals surface area contributed by atoms with Crippen molar-refractivity contribution in [3.8, 4) is 11.3 Å². The number of rotatable bonds is 5. The van der Waals surface area contributed by atoms with E-state index in [-0.39, 0.29) is 0 Å². The standard InChI is InChI=1S/C15H18N2O/c1-3-4-9-17-10-14(11-18)15(16-17)13-7-5-12(2)6-8-13/h5-8,10-11H,3-4,9H2,1-2H3. The van der Waals surface area contributed by atoms with Gasteiger partial charge in [-0.2, -0.15) is 5.10 Å². The molecule has 2 aromatic rings. The molecule has 3 nitrogen and oxygen atoms in total. The van der Waals surface area contributed by atoms with Gasteiger partial charge in [0.1, 0.15) is 5.69 Å². The lowest BCUT2D eigenvalue weighted by atomic mass is 10.1. The summed E-state index contributed by atoms with van der Waals surface area (Å²) >= 11 is 0. The lowest BCUT2D eigenvalue weighted by Crippen LogP contribution is -1.97. The number of carbonyl (C=O) groups excluding carboxylic acids is 1. The van der Waals surface area contributed by atoms with Crippen LogP contribution >= 0.6 is 0 Å². The SMILES string of the molecule is CCCCn1cc(C=O)c(-c2ccc(C)cc2)n1. The highest BCUT2D eigenvalue weighted by Crippen LogP contribution is 2.21. The van der Waals surface area contributed by atoms with Gasteiger partial charge in [0.25, 0.3) is 0 Å². The lowest BCUT2D eigenvalue weighted by Gasteiger charge is -2.00. The highest BCUT2D eigenvalue weighted by Gasteiger charge is 2.10. The average molecular weight is 242 g/mol. The minimum atomic E-state index is 0.662. The van der Waals surface area contributed by atoms with Crippen LogP contribution in [0.5, 0.6) is 0 Å². The Morgan fingerprint density at radius 2 is 2.00 bits per heavy atom. The zero-order valence-electron chi connectivity index (χ0n) is 10.9. The number of aryl methyl sites for hydroxylation is 2. The van der Waals surface area contributed by atoms with Crippen LogP contribution in [0.15, 0.2) is 30.5 Å². The van der Waals surface area contributed by atoms with Crippen molar-refractivity contribution in [3.05, 3.63) is 41.6 Å². The second kappa shape index (κ2) is 5.63. The van der Waals surface area contributed by atoms with Crippen LogP contribution in [-0.2, 0) is 6.54 Å². The summed E-state index contributed by atoms with van der Waals surface area (Å²) in [5.41, 5.74) is 3.64. The maximum absolute atomic E-state index is 11.1. The van der Waals surface area contributed by atoms with Gasteiger partial charge < -0.3 is 0 Å². The number of carbonyl (C=O) groups is 1. The molecule has 0 aliphatic rings. The van der Waals surface area contributed by atoms with Crippen molar-refractivity contribution in [2.45, 2.75) is 33.2 Å². The normalized spacial score (nSPS) is 10.6. The van der Waals surface area contributed by atoms with Gasteiger partial charge in [-0.1, -0.05) is 43.2 Å². The van der Waals surface area contributed by atoms with Crippen molar-refractivity contribution in [1.82, 2.24) is 9.78 Å². The molecule has 0 atom stereocenters. The number of unbranched alkanes of at least 4 members (excludes halogenated alkanes) is 1. The fourth-order valence-corrected chi connectivity index (χ4v) is 1.89. The van der Waals surface area contributed by atoms with Crippen molar-refractivity contribution >= 4 is 6.29 Å². The van der Waals surface area contributed by atoms with Crippen molar-refractivity contribution in [2.75, 3.05) is 0 Å². The molecule has 1 heterocycles. The number of aromatic nitrogens is 2. The van der Waals surface area contributed by atoms with Crippen LogP contribution in [0.3, 0.4) is 0 Å². The van der Waals surface area contributed by atoms with Crippen molar-refractivity contribution in [2.24, 2.45) is 0 Å². The summed E-state index contributed by atoms with van der Waals surface area (Å²) < 4.78 is 1.86. The van der Waals surface area contributed by atoms with E-state index >= 15 is 0 Å². The fourth-order valence-electron chi connectivity index (χ4n) is 1.89. The van der Waals surface area contributed by atoms with Gasteiger partial charge >= 0.3 is 0 Å². The van der Waals surface area contributed by atoms with E-state index in [0.717, 1.165) is 36.9 Å². The third-order valence-corrected chi connectivity index (χ3v) is 2.98. The first-order valence-electron chi connectivity index (χ1n) is 6.34. The molecule has 2 rings (SSSR count). The van der Waals surface area contributed by atoms with Gasteiger partial charge in [-0.15, -0.1) is 0 Å². The first kappa shape index (κ1) is 12.6. The molecule has 0 aliphatic heterocycles. The Bertz CT molecular complexity index is 526. The van der Waals surface area contributed by atoms with Crippen LogP contribution in [-0.4, -0.2) is 16.1 Å². The van der Waals surface area contributed by atoms with E-state index in [4.69, 9.17) is 0 Å². The predicted octanol–water partition coefficient (Wildman–Crippen LogP) is 3.47. The van der Waals surface area contributed by atoms with Crippen LogP contribution in [0, 0.1) is 6.92 Å². The summed E-state index contributed by atoms with van der Waals surface area (Å²) in [5, 5.41) is 4.50. The highest BCUT2D eigenvalue weighted by atomic mass is 16.1. The van der Waals surface area contributed by atoms with E-state index in [9.17, 15) is 4.79 Å². The summed E-state index contributed by atoms with van der Waals surface area (Å²) in [6.07, 6.45) is 4.91. The van der Waals surface area contributed by atoms with Crippen LogP contribution < -0.4 is 0 Å². The van der Waals surface area contributed by atoms with Crippen LogP contribution in [0.2, 0.25) is 0 Å². The van der Waals surface area contributed by atoms with E-state index in [1.54, 1.807) is 0 Å². The molecule has 1 aromatic carbocycles. The molecule has 18 heavy (non-hydrogen) atoms. The van der Waals surface area contributed by atoms with Crippen molar-refractivity contribution in [1.29, 1.82) is 0 Å². The third kappa shape index (κ3) is 2.67. The van der Waals surface area contributed by atoms with Gasteiger partial charge in [0.15, 0.2) is 6.29 Å². The largest absolute Gasteiger partial charge is 0.298 e. The molecule has 3 heteroatoms. The topological polar surface area (TPSA) is 34.9 Å². The molecule has 0 fully saturated rings. The number of hydrogen-bond donors (Lipinski definition) is 0. The van der Waals surface area contributed by atoms with E-state index < -0.39 is 0 Å². The monoisotopic (exact) mass is 242 g/mol. The van der Waals surface area contributed by atoms with E-state index in [2.05, 4.69) is 12.0 Å². The minimum Gasteiger partial charge on any atom is -0.298 e. The van der Waals surface area contributed by atoms with Crippen LogP contribution in [0.4, 0.5) is 0 Å². The molecule has 0 spiro atoms. The first-order chi connectivity index (χ1) is 8.74. The smallest absolute Gasteiger partial charge is 0.153 e. The Balaban J connectivity index is 2.33. The summed E-state index contributed by atoms with van der Waals surface area (Å²) in [5.74, 6) is 0. The third-order valence-electron chi connectivity index (χ3n) is 2.98. The second-order valence-electron chi connectivity index (χ2n) is 4.53. The first-order valence-corrected chi connectivity index (χ1v) is 6.34. The van der Waals surface area contributed by atoms with Crippen LogP contribution in [0.25, 0.3) is 11.3 Å². The Morgan fingerprint density at radius 1 is 1.28 bits per heavy atom. The molecular formula is C15H18N2O. The van der Waals surface area contributed by atoms with Crippen molar-refractivity contribution in [3.63, 3.8) is 0 Å². The van der Waals surface area contributed by atoms with E-state index in [0.29, 0.717) is 5.56 Å². The zero-order chi connectivity index (χ0) is 13.0. The number of nitrogens with zero attached hydrogens (tertiary/aromatic N) is 2. The maximum Gasteiger partial charge on any atom is 0.153 e. The Morgan fingerprint density at radius 3 is 2.61 bits per heavy atom. The molecule has 0 radical (unpaired) electrons. The zero-order valence-corrected chi connectivity index (χ0v) is 10.9. The summed E-state index contributed by atoms with van der Waals surface area (Å²) in [6, 6.07) is 8.09. The van der Waals surface area contributed by atoms with Crippen molar-refractivity contribution < 1.29 is 4.79 Å². The van der Waals surface area contributed by atoms with E-state index in [1.807, 2.05) is 42.1 Å². The predicted molar refractivity (Wildman–Crippen MR) is 72.7 cm³/mol. The summed E-state index contributed by atoms with van der Waals surface area (Å²) in [4.78, 5) is 11.1. The van der Waals surface area contributed by atoms with E-state index in [1.165, 1.54) is 5.56 Å². The Kier molecular flexibility index (Phi) is 3.92. The molecule has 0 bridgehead atoms. The summed E-state index contributed by atoms with van der Waals surface area (Å²) in [6.45, 7) is 5.05. The van der Waals surface area contributed by atoms with Gasteiger partial charge in [0.2, 0.25) is 0 Å². The number of hydrogen-bond acceptors (Lipinski definition) is 2. The van der Waals surface area contributed by atoms with Gasteiger partial charge in [0, 0.05) is 18.3 Å². The average Bonchev–Trinajstić information content (AvgIpc) is 2.80. The van der Waals surface area contributed by atoms with Gasteiger partial charge in [-0.25, -0.2) is 0 Å². The Hall–Kier alpha value is -1.90. The molecule has 94 valence electrons. The minimum absolute atomic E-state index is 0.662. The highest BCUT2D eigenvalue weighted by molar-refractivity contribution is 5.85. The molecule has 1 aromatic heterocycles. The summed E-state index contributed by atoms with van der Waals surface area (Å²) in [7, 11) is 0. The van der Waals surface area contributed by atoms with Crippen LogP contribution in [0.1, 0.15) is 35.7 Å². The van der Waals surface area contributed by atoms with Gasteiger partial charge in [-0.3, -0.25) is 9.48 Å². The second-order valence-corrected chi connectivity index (χ2v) is 4.53. The molecule has 0 saturated carbocycles. The molecule has 0 unspecified atom stereocenters. The van der Waals surface area contributed by atoms with Gasteiger partial charge in [-0.05, 0) is 13.3 Å². The molecule has 0 aliphatic carbocycles. The maximum atomic E-state index is 11.1. The molecule has 0 N–H and O–H groups in total. The van der Waals surface area contributed by atoms with Gasteiger partial charge in [0.05, 0.1) is 5.56 Å².